The Morgan fingerprint density at radius 3 is 2.35 bits per heavy atom. The summed E-state index contributed by atoms with van der Waals surface area (Å²) in [7, 11) is 4.75. The number of nitrogens with one attached hydrogen (secondary N) is 3. The third-order valence-corrected chi connectivity index (χ3v) is 7.53. The highest BCUT2D eigenvalue weighted by Crippen LogP contribution is 2.49. The van der Waals surface area contributed by atoms with E-state index in [-0.39, 0.29) is 29.7 Å². The quantitative estimate of drug-likeness (QED) is 0.469. The number of ketones is 1. The van der Waals surface area contributed by atoms with Crippen molar-refractivity contribution >= 4 is 21.7 Å². The normalized spacial score (nSPS) is 28.1. The number of hydrazine groups is 1. The van der Waals surface area contributed by atoms with E-state index in [2.05, 4.69) is 32.1 Å². The first kappa shape index (κ1) is 23.2. The fourth-order valence-electron chi connectivity index (χ4n) is 5.53. The zero-order valence-electron chi connectivity index (χ0n) is 19.2. The van der Waals surface area contributed by atoms with Crippen molar-refractivity contribution in [2.45, 2.75) is 37.1 Å². The molecule has 4 N–H and O–H groups in total. The van der Waals surface area contributed by atoms with E-state index in [1.165, 1.54) is 0 Å². The highest BCUT2D eigenvalue weighted by atomic mass is 79.9. The molecule has 0 radical (unpaired) electrons. The molecule has 1 saturated heterocycles. The van der Waals surface area contributed by atoms with Gasteiger partial charge in [-0.05, 0) is 47.7 Å². The number of halogens is 1. The Kier molecular flexibility index (Phi) is 6.28. The molecule has 2 aromatic carbocycles. The van der Waals surface area contributed by atoms with Crippen LogP contribution in [0.25, 0.3) is 0 Å². The van der Waals surface area contributed by atoms with Gasteiger partial charge >= 0.3 is 0 Å². The van der Waals surface area contributed by atoms with E-state index in [4.69, 9.17) is 14.2 Å². The first-order chi connectivity index (χ1) is 16.4. The third-order valence-electron chi connectivity index (χ3n) is 7.04. The number of Topliss-reactive ketones (excluding diaryl/α,β-unsaturated/α-hetero) is 1. The van der Waals surface area contributed by atoms with Crippen LogP contribution < -0.4 is 30.4 Å². The highest BCUT2D eigenvalue weighted by Gasteiger charge is 2.49. The summed E-state index contributed by atoms with van der Waals surface area (Å²) in [6.45, 7) is 0. The van der Waals surface area contributed by atoms with Gasteiger partial charge in [-0.2, -0.15) is 0 Å². The molecule has 1 aliphatic carbocycles. The van der Waals surface area contributed by atoms with Crippen molar-refractivity contribution < 1.29 is 24.1 Å². The molecule has 8 nitrogen and oxygen atoms in total. The number of allylic oxidation sites excluding steroid dienone is 2. The van der Waals surface area contributed by atoms with Crippen molar-refractivity contribution in [3.63, 3.8) is 0 Å². The van der Waals surface area contributed by atoms with Crippen LogP contribution in [0.1, 0.15) is 35.8 Å². The van der Waals surface area contributed by atoms with Crippen LogP contribution in [0.4, 0.5) is 0 Å². The largest absolute Gasteiger partial charge is 0.493 e. The summed E-state index contributed by atoms with van der Waals surface area (Å²) >= 11 is 3.55. The number of aliphatic hydroxyl groups excluding tert-OH is 1. The van der Waals surface area contributed by atoms with Crippen molar-refractivity contribution in [2.24, 2.45) is 5.92 Å². The van der Waals surface area contributed by atoms with E-state index in [1.54, 1.807) is 21.3 Å². The van der Waals surface area contributed by atoms with Gasteiger partial charge in [0.25, 0.3) is 0 Å². The Labute approximate surface area is 206 Å². The van der Waals surface area contributed by atoms with Gasteiger partial charge in [0, 0.05) is 34.0 Å². The fourth-order valence-corrected chi connectivity index (χ4v) is 5.94. The number of carbonyl (C=O) groups is 1. The molecule has 5 atom stereocenters. The summed E-state index contributed by atoms with van der Waals surface area (Å²) in [4.78, 5) is 13.7. The topological polar surface area (TPSA) is 101 Å². The van der Waals surface area contributed by atoms with E-state index < -0.39 is 6.23 Å². The minimum Gasteiger partial charge on any atom is -0.493 e. The Hall–Kier alpha value is -2.59. The molecule has 0 saturated carbocycles. The minimum atomic E-state index is -0.781. The van der Waals surface area contributed by atoms with Gasteiger partial charge in [-0.15, -0.1) is 0 Å². The molecule has 2 aliphatic heterocycles. The van der Waals surface area contributed by atoms with Gasteiger partial charge in [0.15, 0.2) is 17.3 Å². The van der Waals surface area contributed by atoms with E-state index in [1.807, 2.05) is 36.4 Å². The average Bonchev–Trinajstić information content (AvgIpc) is 3.21. The van der Waals surface area contributed by atoms with Gasteiger partial charge < -0.3 is 24.6 Å². The summed E-state index contributed by atoms with van der Waals surface area (Å²) < 4.78 is 17.5. The smallest absolute Gasteiger partial charge is 0.203 e. The second-order valence-electron chi connectivity index (χ2n) is 8.84. The molecule has 0 spiro atoms. The first-order valence-electron chi connectivity index (χ1n) is 11.2. The van der Waals surface area contributed by atoms with E-state index >= 15 is 0 Å². The molecule has 9 heteroatoms. The number of rotatable bonds is 5. The molecule has 2 heterocycles. The monoisotopic (exact) mass is 529 g/mol. The first-order valence-corrected chi connectivity index (χ1v) is 12.0. The van der Waals surface area contributed by atoms with E-state index in [9.17, 15) is 9.90 Å². The number of ether oxygens (including phenoxy) is 3. The molecule has 2 aromatic rings. The highest BCUT2D eigenvalue weighted by molar-refractivity contribution is 9.10. The van der Waals surface area contributed by atoms with Crippen molar-refractivity contribution in [1.29, 1.82) is 0 Å². The van der Waals surface area contributed by atoms with Gasteiger partial charge in [-0.3, -0.25) is 4.79 Å². The Balaban J connectivity index is 1.56. The van der Waals surface area contributed by atoms with Gasteiger partial charge in [-0.1, -0.05) is 28.1 Å². The molecule has 0 amide bonds. The minimum absolute atomic E-state index is 0.0496. The third kappa shape index (κ3) is 3.86. The Morgan fingerprint density at radius 1 is 0.971 bits per heavy atom. The molecule has 34 heavy (non-hydrogen) atoms. The van der Waals surface area contributed by atoms with E-state index in [0.29, 0.717) is 30.1 Å². The second kappa shape index (κ2) is 9.22. The maximum atomic E-state index is 13.7. The lowest BCUT2D eigenvalue weighted by Gasteiger charge is -2.42. The van der Waals surface area contributed by atoms with Crippen LogP contribution in [0.15, 0.2) is 52.1 Å². The molecule has 0 aromatic heterocycles. The summed E-state index contributed by atoms with van der Waals surface area (Å²) in [6.07, 6.45) is 0.0313. The predicted molar refractivity (Wildman–Crippen MR) is 130 cm³/mol. The van der Waals surface area contributed by atoms with Crippen LogP contribution in [0.3, 0.4) is 0 Å². The molecule has 5 rings (SSSR count). The molecule has 0 bridgehead atoms. The van der Waals surface area contributed by atoms with Crippen LogP contribution in [0.5, 0.6) is 17.2 Å². The number of fused-ring (bicyclic) bond motifs is 1. The standard InChI is InChI=1S/C25H28BrN3O5/c1-32-18-10-14(11-19(33-2)23(18)34-3)13-8-16-21(17(30)9-13)20(12-5-4-6-15(26)7-12)22-24(27-16)28-29-25(22)31/h4-7,10-11,13,20,22,24-25,27-29,31H,8-9H2,1-3H3/t13-,20-,22?,24?,25?/m1/s1. The average molecular weight is 530 g/mol. The van der Waals surface area contributed by atoms with Gasteiger partial charge in [0.05, 0.1) is 27.5 Å². The predicted octanol–water partition coefficient (Wildman–Crippen LogP) is 2.93. The lowest BCUT2D eigenvalue weighted by Crippen LogP contribution is -2.51. The zero-order chi connectivity index (χ0) is 24.0. The number of carbonyl (C=O) groups excluding carboxylic acids is 1. The van der Waals surface area contributed by atoms with Crippen LogP contribution in [-0.4, -0.2) is 44.6 Å². The molecule has 3 aliphatic rings. The molecule has 180 valence electrons. The van der Waals surface area contributed by atoms with Crippen LogP contribution in [0, 0.1) is 5.92 Å². The SMILES string of the molecule is COc1cc([C@H]2CC(=O)C3=C(C2)NC2NNC(O)C2[C@@H]3c2cccc(Br)c2)cc(OC)c1OC. The Bertz CT molecular complexity index is 1130. The summed E-state index contributed by atoms with van der Waals surface area (Å²) in [5, 5.41) is 14.2. The second-order valence-corrected chi connectivity index (χ2v) is 9.76. The fraction of sp³-hybridized carbons (Fsp3) is 0.400. The van der Waals surface area contributed by atoms with Crippen molar-refractivity contribution in [3.8, 4) is 17.2 Å². The number of methoxy groups -OCH3 is 3. The summed E-state index contributed by atoms with van der Waals surface area (Å²) in [6, 6.07) is 11.8. The number of aliphatic hydroxyl groups is 1. The van der Waals surface area contributed by atoms with Crippen molar-refractivity contribution in [2.75, 3.05) is 21.3 Å². The molecular weight excluding hydrogens is 502 g/mol. The number of hydrogen-bond acceptors (Lipinski definition) is 8. The molecular formula is C25H28BrN3O5. The zero-order valence-corrected chi connectivity index (χ0v) is 20.8. The molecule has 1 fully saturated rings. The number of benzene rings is 2. The van der Waals surface area contributed by atoms with Gasteiger partial charge in [-0.25, -0.2) is 10.9 Å². The van der Waals surface area contributed by atoms with Crippen LogP contribution in [0.2, 0.25) is 0 Å². The maximum Gasteiger partial charge on any atom is 0.203 e. The maximum absolute atomic E-state index is 13.7. The van der Waals surface area contributed by atoms with Gasteiger partial charge in [0.1, 0.15) is 6.23 Å². The summed E-state index contributed by atoms with van der Waals surface area (Å²) in [5.74, 6) is 1.23. The Morgan fingerprint density at radius 2 is 1.71 bits per heavy atom. The lowest BCUT2D eigenvalue weighted by molar-refractivity contribution is -0.117. The van der Waals surface area contributed by atoms with E-state index in [0.717, 1.165) is 26.9 Å². The molecule has 3 unspecified atom stereocenters. The van der Waals surface area contributed by atoms with Crippen molar-refractivity contribution in [1.82, 2.24) is 16.2 Å². The van der Waals surface area contributed by atoms with Crippen LogP contribution in [-0.2, 0) is 4.79 Å². The van der Waals surface area contributed by atoms with Crippen molar-refractivity contribution in [3.05, 3.63) is 63.3 Å². The lowest BCUT2D eigenvalue weighted by atomic mass is 9.69. The number of hydrogen-bond donors (Lipinski definition) is 4. The summed E-state index contributed by atoms with van der Waals surface area (Å²) in [5.41, 5.74) is 9.70. The van der Waals surface area contributed by atoms with Crippen LogP contribution >= 0.6 is 15.9 Å². The van der Waals surface area contributed by atoms with Gasteiger partial charge in [0.2, 0.25) is 5.75 Å².